The van der Waals surface area contributed by atoms with Crippen molar-refractivity contribution in [2.45, 2.75) is 21.3 Å². The van der Waals surface area contributed by atoms with Crippen LogP contribution in [-0.4, -0.2) is 135 Å². The molecule has 14 aromatic rings. The number of esters is 2. The van der Waals surface area contributed by atoms with E-state index in [9.17, 15) is 63.5 Å². The first-order valence-corrected chi connectivity index (χ1v) is 34.8. The lowest BCUT2D eigenvalue weighted by Crippen LogP contribution is -2.30. The Morgan fingerprint density at radius 2 is 0.689 bits per heavy atom. The number of carbonyl (C=O) groups excluding carboxylic acids is 3. The molecule has 0 atom stereocenters. The first-order chi connectivity index (χ1) is 57.1. The minimum absolute atomic E-state index is 0. The number of nitriles is 2. The van der Waals surface area contributed by atoms with Crippen LogP contribution in [0.4, 0.5) is 73.0 Å². The molecule has 0 fully saturated rings. The van der Waals surface area contributed by atoms with Crippen LogP contribution in [-0.2, 0) is 9.47 Å². The fourth-order valence-corrected chi connectivity index (χ4v) is 10.9. The van der Waals surface area contributed by atoms with Gasteiger partial charge in [0.1, 0.15) is 98.7 Å². The number of nitrogen functional groups attached to an aromatic ring is 5. The highest BCUT2D eigenvalue weighted by Gasteiger charge is 2.24. The smallest absolute Gasteiger partial charge is 0.464 e. The van der Waals surface area contributed by atoms with Gasteiger partial charge >= 0.3 is 26.2 Å². The number of nitrogens with zero attached hydrogens (tertiary/aromatic N) is 16. The monoisotopic (exact) mass is 1780 g/mol. The molecule has 122 heavy (non-hydrogen) atoms. The van der Waals surface area contributed by atoms with Gasteiger partial charge in [-0.1, -0.05) is 71.5 Å². The zero-order chi connectivity index (χ0) is 89.3. The van der Waals surface area contributed by atoms with Crippen LogP contribution in [0.15, 0.2) is 140 Å². The summed E-state index contributed by atoms with van der Waals surface area (Å²) < 4.78 is 143. The maximum atomic E-state index is 13.7. The van der Waals surface area contributed by atoms with Gasteiger partial charge in [0.15, 0.2) is 83.3 Å². The Morgan fingerprint density at radius 3 is 1.07 bits per heavy atom. The van der Waals surface area contributed by atoms with Crippen LogP contribution in [0.2, 0.25) is 25.8 Å². The predicted molar refractivity (Wildman–Crippen MR) is 431 cm³/mol. The van der Waals surface area contributed by atoms with Gasteiger partial charge in [0.05, 0.1) is 25.6 Å². The summed E-state index contributed by atoms with van der Waals surface area (Å²) >= 11 is 28.5. The second-order valence-corrected chi connectivity index (χ2v) is 25.6. The van der Waals surface area contributed by atoms with E-state index in [2.05, 4.69) is 69.3 Å². The first kappa shape index (κ1) is 95.1. The molecule has 0 radical (unpaired) electrons. The number of fused-ring (bicyclic) bond motifs is 2. The minimum Gasteiger partial charge on any atom is -0.464 e. The normalized spacial score (nSPS) is 10.3. The number of imidazole rings is 2. The van der Waals surface area contributed by atoms with Gasteiger partial charge in [-0.15, -0.1) is 0 Å². The molecule has 0 saturated heterocycles. The van der Waals surface area contributed by atoms with E-state index in [1.165, 1.54) is 7.11 Å². The quantitative estimate of drug-likeness (QED) is 0.0345. The molecule has 14 rings (SSSR count). The number of methoxy groups -OCH3 is 2. The van der Waals surface area contributed by atoms with Gasteiger partial charge < -0.3 is 72.8 Å². The van der Waals surface area contributed by atoms with Crippen molar-refractivity contribution in [1.82, 2.24) is 68.6 Å². The maximum Gasteiger partial charge on any atom is 0.489 e. The molecule has 9 heterocycles. The molecule has 0 aliphatic rings. The first-order valence-electron chi connectivity index (χ1n) is 32.9. The topological polar surface area (TPSA) is 518 Å². The number of halogens is 15. The van der Waals surface area contributed by atoms with E-state index >= 15 is 0 Å². The summed E-state index contributed by atoms with van der Waals surface area (Å²) in [5, 5.41) is 52.1. The lowest BCUT2D eigenvalue weighted by molar-refractivity contribution is 0.0586. The number of carbonyl (C=O) groups is 3. The number of benzene rings is 5. The summed E-state index contributed by atoms with van der Waals surface area (Å²) in [5.41, 5.74) is 36.9. The number of ether oxygens (including phenoxy) is 2. The summed E-state index contributed by atoms with van der Waals surface area (Å²) in [4.78, 5) is 80.0. The van der Waals surface area contributed by atoms with E-state index in [4.69, 9.17) is 118 Å². The highest BCUT2D eigenvalue weighted by atomic mass is 35.5. The van der Waals surface area contributed by atoms with Crippen LogP contribution in [0.3, 0.4) is 0 Å². The van der Waals surface area contributed by atoms with Gasteiger partial charge in [-0.05, 0) is 104 Å². The minimum atomic E-state index is -1.83. The van der Waals surface area contributed by atoms with Gasteiger partial charge in [-0.2, -0.15) is 10.5 Å². The molecule has 0 bridgehead atoms. The molecule has 5 aromatic carbocycles. The summed E-state index contributed by atoms with van der Waals surface area (Å²) in [6, 6.07) is 24.2. The molecular weight excluding hydrogens is 1730 g/mol. The number of aromatic nitrogens is 14. The van der Waals surface area contributed by atoms with Crippen molar-refractivity contribution in [1.29, 1.82) is 10.5 Å². The molecule has 0 saturated carbocycles. The van der Waals surface area contributed by atoms with E-state index in [1.807, 2.05) is 28.7 Å². The van der Waals surface area contributed by atoms with Gasteiger partial charge in [0.2, 0.25) is 0 Å². The molecule has 0 aliphatic carbocycles. The van der Waals surface area contributed by atoms with Crippen molar-refractivity contribution in [2.75, 3.05) is 42.9 Å². The van der Waals surface area contributed by atoms with Crippen molar-refractivity contribution in [2.24, 2.45) is 5.73 Å². The lowest BCUT2D eigenvalue weighted by Gasteiger charge is -2.11. The van der Waals surface area contributed by atoms with E-state index < -0.39 is 90.3 Å². The van der Waals surface area contributed by atoms with Crippen LogP contribution in [0.25, 0.3) is 67.6 Å². The molecule has 0 aliphatic heterocycles. The molecular formula is C74H55B2Cl5F10N22O9. The molecule has 0 spiro atoms. The molecule has 9 aromatic heterocycles. The number of pyridine rings is 2. The SMILES string of the molecule is C.COC(=O)c1nc(Cl)c(-c2cc(F)cc(F)c2)nc1N.COC(=O)c1nc(Cl)c(Cl)nc1N.Cc1cnc2ccc(-c3nc(C#N)c(N)nc3-c3cc(F)cc(F)c3)cn12.Cc1cnc2ccc(B(O)O)cn12.N#Cc1nc(Cl)c(-c2cc(F)cc(F)c2)nc1N.NC(=O)c1nc(Cl)c(-c2cc(F)cc(F)c2)nc1N.OB(O)c1cc(F)cc(F)c1. The van der Waals surface area contributed by atoms with Crippen molar-refractivity contribution < 1.29 is 87.9 Å². The van der Waals surface area contributed by atoms with Crippen molar-refractivity contribution in [3.63, 3.8) is 0 Å². The Labute approximate surface area is 706 Å². The zero-order valence-corrected chi connectivity index (χ0v) is 65.3. The highest BCUT2D eigenvalue weighted by Crippen LogP contribution is 2.35. The number of nitrogens with two attached hydrogens (primary N) is 6. The average Bonchev–Trinajstić information content (AvgIpc) is 1.52. The van der Waals surface area contributed by atoms with Gasteiger partial charge in [0, 0.05) is 94.3 Å². The Bertz CT molecular complexity index is 6310. The highest BCUT2D eigenvalue weighted by molar-refractivity contribution is 6.59. The van der Waals surface area contributed by atoms with E-state index in [-0.39, 0.29) is 141 Å². The third kappa shape index (κ3) is 24.6. The zero-order valence-electron chi connectivity index (χ0n) is 61.6. The summed E-state index contributed by atoms with van der Waals surface area (Å²) in [6.45, 7) is 3.80. The van der Waals surface area contributed by atoms with Gasteiger partial charge in [0.25, 0.3) is 5.91 Å². The van der Waals surface area contributed by atoms with Crippen LogP contribution >= 0.6 is 58.0 Å². The van der Waals surface area contributed by atoms with Crippen LogP contribution in [0.5, 0.6) is 0 Å². The lowest BCUT2D eigenvalue weighted by atomic mass is 9.80. The second-order valence-electron chi connectivity index (χ2n) is 23.8. The third-order valence-corrected chi connectivity index (χ3v) is 16.7. The second kappa shape index (κ2) is 42.1. The van der Waals surface area contributed by atoms with E-state index in [0.717, 1.165) is 103 Å². The van der Waals surface area contributed by atoms with Gasteiger partial charge in [-0.3, -0.25) is 4.79 Å². The van der Waals surface area contributed by atoms with Crippen molar-refractivity contribution >= 4 is 141 Å². The number of hydrogen-bond acceptors (Lipinski definition) is 28. The van der Waals surface area contributed by atoms with E-state index in [1.54, 1.807) is 55.1 Å². The van der Waals surface area contributed by atoms with Crippen LogP contribution in [0.1, 0.15) is 61.7 Å². The number of hydrogen-bond donors (Lipinski definition) is 10. The molecule has 48 heteroatoms. The number of primary amides is 1. The Morgan fingerprint density at radius 1 is 0.385 bits per heavy atom. The number of aryl methyl sites for hydroxylation is 2. The fraction of sp³-hybridized carbons (Fsp3) is 0.0676. The number of anilines is 5. The number of rotatable bonds is 10. The fourth-order valence-electron chi connectivity index (χ4n) is 9.93. The van der Waals surface area contributed by atoms with Gasteiger partial charge in [-0.25, -0.2) is 113 Å². The third-order valence-electron chi connectivity index (χ3n) is 15.3. The largest absolute Gasteiger partial charge is 0.489 e. The van der Waals surface area contributed by atoms with E-state index in [0.29, 0.717) is 34.9 Å². The molecule has 0 unspecified atom stereocenters. The van der Waals surface area contributed by atoms with Crippen LogP contribution in [0, 0.1) is 94.7 Å². The molecule has 1 amide bonds. The molecule has 626 valence electrons. The Hall–Kier alpha value is -14.0. The summed E-state index contributed by atoms with van der Waals surface area (Å²) in [7, 11) is -0.912. The van der Waals surface area contributed by atoms with Crippen LogP contribution < -0.4 is 45.3 Å². The predicted octanol–water partition coefficient (Wildman–Crippen LogP) is 11.0. The number of amides is 1. The standard InChI is InChI=1S/C19H12F2N6.C12H8ClF2N3O2.C11H7ClF2N4O.C11H5ClF2N4.C8H9BN2O2.C6H5BF2O2.C6H5Cl2N3O2.CH4/c1-10-8-24-16-3-2-11(9-27(10)16)17-18(26-19(23)15(7-22)25-17)12-4-13(20)6-14(21)5-12;1-20-12(19)9-11(16)18-8(10(13)17-9)5-2-6(14)4-7(15)3-5;12-9-7(4-1-5(13)3-6(14)2-4)18-10(15)8(17-9)11(16)19;12-10-9(18-11(16)8(4-15)17-10)5-1-6(13)3-7(14)2-5;1-6-4-10-8-3-2-7(9(12)13)5-11(6)8;8-5-1-4(7(10)11)2-6(9)3-5;1-13-6(12)2-5(9)11-4(8)3(7)10-2;/h2-6,8-9H,1H3,(H2,23,26);2-4H,1H3,(H2,16,18);1-3H,(H2,15,18)(H2,16,19);1-3H,(H2,16,18);2-5,12-13H,1H3;1-3,10-11H;1H3,(H2,9,11);1H4. The summed E-state index contributed by atoms with van der Waals surface area (Å²) in [5.74, 6) is -11.2. The summed E-state index contributed by atoms with van der Waals surface area (Å²) in [6.07, 6.45) is 6.90. The van der Waals surface area contributed by atoms with Crippen molar-refractivity contribution in [3.8, 4) is 68.4 Å². The average molecular weight is 1790 g/mol. The maximum absolute atomic E-state index is 13.7. The Balaban J connectivity index is 0.000000199. The molecule has 31 nitrogen and oxygen atoms in total. The van der Waals surface area contributed by atoms with Crippen molar-refractivity contribution in [3.05, 3.63) is 264 Å². The molecule has 16 N–H and O–H groups in total. The Kier molecular flexibility index (Phi) is 32.8.